The molecular weight excluding hydrogens is 342 g/mol. The van der Waals surface area contributed by atoms with Crippen LogP contribution >= 0.6 is 0 Å². The molecule has 0 spiro atoms. The van der Waals surface area contributed by atoms with E-state index in [9.17, 15) is 0 Å². The zero-order valence-electron chi connectivity index (χ0n) is 16.6. The molecule has 27 heavy (non-hydrogen) atoms. The van der Waals surface area contributed by atoms with E-state index in [1.807, 2.05) is 12.3 Å². The van der Waals surface area contributed by atoms with Crippen molar-refractivity contribution in [3.63, 3.8) is 0 Å². The van der Waals surface area contributed by atoms with Crippen molar-refractivity contribution in [1.29, 1.82) is 0 Å². The highest BCUT2D eigenvalue weighted by molar-refractivity contribution is 5.44. The van der Waals surface area contributed by atoms with E-state index < -0.39 is 0 Å². The SMILES string of the molecule is CN(c1ccnc(N2CCOCC2)n1)C1CCN(CC2CCCOC2)CC1. The lowest BCUT2D eigenvalue weighted by atomic mass is 9.98. The van der Waals surface area contributed by atoms with E-state index in [0.717, 1.165) is 57.2 Å². The summed E-state index contributed by atoms with van der Waals surface area (Å²) in [5.74, 6) is 2.59. The third-order valence-corrected chi connectivity index (χ3v) is 6.16. The summed E-state index contributed by atoms with van der Waals surface area (Å²) in [4.78, 5) is 16.5. The third kappa shape index (κ3) is 4.89. The van der Waals surface area contributed by atoms with Crippen LogP contribution in [0.5, 0.6) is 0 Å². The Labute approximate surface area is 162 Å². The van der Waals surface area contributed by atoms with E-state index in [4.69, 9.17) is 14.5 Å². The number of aromatic nitrogens is 2. The second-order valence-corrected chi connectivity index (χ2v) is 8.04. The van der Waals surface area contributed by atoms with Crippen molar-refractivity contribution in [2.75, 3.05) is 76.0 Å². The Morgan fingerprint density at radius 2 is 1.89 bits per heavy atom. The van der Waals surface area contributed by atoms with Gasteiger partial charge in [-0.3, -0.25) is 0 Å². The zero-order chi connectivity index (χ0) is 18.5. The largest absolute Gasteiger partial charge is 0.381 e. The second kappa shape index (κ2) is 9.17. The molecule has 0 radical (unpaired) electrons. The summed E-state index contributed by atoms with van der Waals surface area (Å²) < 4.78 is 11.1. The van der Waals surface area contributed by atoms with Crippen LogP contribution in [0.25, 0.3) is 0 Å². The van der Waals surface area contributed by atoms with E-state index in [1.54, 1.807) is 0 Å². The molecule has 150 valence electrons. The summed E-state index contributed by atoms with van der Waals surface area (Å²) in [6, 6.07) is 2.59. The maximum atomic E-state index is 5.64. The number of anilines is 2. The highest BCUT2D eigenvalue weighted by Crippen LogP contribution is 2.24. The summed E-state index contributed by atoms with van der Waals surface area (Å²) in [7, 11) is 2.18. The molecule has 1 aromatic heterocycles. The van der Waals surface area contributed by atoms with Gasteiger partial charge in [0.1, 0.15) is 5.82 Å². The van der Waals surface area contributed by atoms with Gasteiger partial charge in [0.05, 0.1) is 19.8 Å². The summed E-state index contributed by atoms with van der Waals surface area (Å²) in [5.41, 5.74) is 0. The Bertz CT molecular complexity index is 581. The van der Waals surface area contributed by atoms with Gasteiger partial charge in [0, 0.05) is 58.6 Å². The van der Waals surface area contributed by atoms with Crippen molar-refractivity contribution in [2.45, 2.75) is 31.7 Å². The van der Waals surface area contributed by atoms with Crippen LogP contribution in [-0.2, 0) is 9.47 Å². The molecule has 1 aromatic rings. The third-order valence-electron chi connectivity index (χ3n) is 6.16. The van der Waals surface area contributed by atoms with Gasteiger partial charge in [-0.2, -0.15) is 4.98 Å². The first-order valence-electron chi connectivity index (χ1n) is 10.5. The number of morpholine rings is 1. The van der Waals surface area contributed by atoms with Gasteiger partial charge in [-0.1, -0.05) is 0 Å². The molecule has 7 nitrogen and oxygen atoms in total. The number of hydrogen-bond acceptors (Lipinski definition) is 7. The molecular formula is C20H33N5O2. The second-order valence-electron chi connectivity index (χ2n) is 8.04. The standard InChI is InChI=1S/C20H33N5O2/c1-23(19-4-7-21-20(22-19)25-10-13-26-14-11-25)18-5-8-24(9-6-18)15-17-3-2-12-27-16-17/h4,7,17-18H,2-3,5-6,8-16H2,1H3. The van der Waals surface area contributed by atoms with Crippen LogP contribution in [0.3, 0.4) is 0 Å². The highest BCUT2D eigenvalue weighted by atomic mass is 16.5. The van der Waals surface area contributed by atoms with E-state index in [2.05, 4.69) is 26.7 Å². The normalized spacial score (nSPS) is 25.5. The maximum Gasteiger partial charge on any atom is 0.227 e. The Morgan fingerprint density at radius 3 is 2.63 bits per heavy atom. The molecule has 7 heteroatoms. The van der Waals surface area contributed by atoms with Gasteiger partial charge in [0.15, 0.2) is 0 Å². The van der Waals surface area contributed by atoms with Gasteiger partial charge >= 0.3 is 0 Å². The molecule has 3 fully saturated rings. The summed E-state index contributed by atoms with van der Waals surface area (Å²) in [5, 5.41) is 0. The van der Waals surface area contributed by atoms with Gasteiger partial charge in [-0.25, -0.2) is 4.98 Å². The maximum absolute atomic E-state index is 5.64. The smallest absolute Gasteiger partial charge is 0.227 e. The van der Waals surface area contributed by atoms with E-state index in [-0.39, 0.29) is 0 Å². The molecule has 0 amide bonds. The molecule has 4 rings (SSSR count). The lowest BCUT2D eigenvalue weighted by Gasteiger charge is -2.39. The van der Waals surface area contributed by atoms with E-state index >= 15 is 0 Å². The van der Waals surface area contributed by atoms with Gasteiger partial charge in [-0.15, -0.1) is 0 Å². The first-order chi connectivity index (χ1) is 13.3. The molecule has 1 atom stereocenters. The molecule has 0 N–H and O–H groups in total. The lowest BCUT2D eigenvalue weighted by Crippen LogP contribution is -2.46. The Morgan fingerprint density at radius 1 is 1.07 bits per heavy atom. The molecule has 3 aliphatic heterocycles. The molecule has 0 aliphatic carbocycles. The van der Waals surface area contributed by atoms with Crippen molar-refractivity contribution >= 4 is 11.8 Å². The summed E-state index contributed by atoms with van der Waals surface area (Å²) >= 11 is 0. The minimum absolute atomic E-state index is 0.552. The Balaban J connectivity index is 1.30. The Kier molecular flexibility index (Phi) is 6.42. The first kappa shape index (κ1) is 18.9. The van der Waals surface area contributed by atoms with Crippen molar-refractivity contribution in [3.05, 3.63) is 12.3 Å². The predicted octanol–water partition coefficient (Wildman–Crippen LogP) is 1.64. The molecule has 3 aliphatic rings. The fraction of sp³-hybridized carbons (Fsp3) is 0.800. The van der Waals surface area contributed by atoms with Crippen molar-refractivity contribution < 1.29 is 9.47 Å². The van der Waals surface area contributed by atoms with E-state index in [0.29, 0.717) is 6.04 Å². The molecule has 3 saturated heterocycles. The zero-order valence-corrected chi connectivity index (χ0v) is 16.6. The monoisotopic (exact) mass is 375 g/mol. The van der Waals surface area contributed by atoms with Crippen molar-refractivity contribution in [2.24, 2.45) is 5.92 Å². The predicted molar refractivity (Wildman–Crippen MR) is 106 cm³/mol. The number of nitrogens with zero attached hydrogens (tertiary/aromatic N) is 5. The van der Waals surface area contributed by atoms with Crippen LogP contribution in [-0.4, -0.2) is 87.1 Å². The number of rotatable bonds is 5. The number of piperidine rings is 1. The minimum atomic E-state index is 0.552. The number of likely N-dealkylation sites (tertiary alicyclic amines) is 1. The number of ether oxygens (including phenoxy) is 2. The van der Waals surface area contributed by atoms with Crippen LogP contribution in [0.4, 0.5) is 11.8 Å². The summed E-state index contributed by atoms with van der Waals surface area (Å²) in [6.45, 7) is 8.71. The van der Waals surface area contributed by atoms with Crippen LogP contribution < -0.4 is 9.80 Å². The molecule has 4 heterocycles. The fourth-order valence-corrected chi connectivity index (χ4v) is 4.44. The average Bonchev–Trinajstić information content (AvgIpc) is 2.75. The topological polar surface area (TPSA) is 54.0 Å². The van der Waals surface area contributed by atoms with Gasteiger partial charge in [0.25, 0.3) is 0 Å². The quantitative estimate of drug-likeness (QED) is 0.775. The first-order valence-corrected chi connectivity index (χ1v) is 10.5. The van der Waals surface area contributed by atoms with Gasteiger partial charge < -0.3 is 24.2 Å². The number of hydrogen-bond donors (Lipinski definition) is 0. The molecule has 1 unspecified atom stereocenters. The van der Waals surface area contributed by atoms with Crippen molar-refractivity contribution in [3.8, 4) is 0 Å². The van der Waals surface area contributed by atoms with Crippen LogP contribution in [0.15, 0.2) is 12.3 Å². The average molecular weight is 376 g/mol. The fourth-order valence-electron chi connectivity index (χ4n) is 4.44. The Hall–Kier alpha value is -1.44. The summed E-state index contributed by atoms with van der Waals surface area (Å²) in [6.07, 6.45) is 6.83. The van der Waals surface area contributed by atoms with Crippen LogP contribution in [0, 0.1) is 5.92 Å². The van der Waals surface area contributed by atoms with Crippen LogP contribution in [0.2, 0.25) is 0 Å². The van der Waals surface area contributed by atoms with E-state index in [1.165, 1.54) is 45.3 Å². The van der Waals surface area contributed by atoms with Crippen molar-refractivity contribution in [1.82, 2.24) is 14.9 Å². The van der Waals surface area contributed by atoms with Gasteiger partial charge in [0.2, 0.25) is 5.95 Å². The van der Waals surface area contributed by atoms with Gasteiger partial charge in [-0.05, 0) is 37.7 Å². The molecule has 0 aromatic carbocycles. The van der Waals surface area contributed by atoms with Crippen LogP contribution in [0.1, 0.15) is 25.7 Å². The molecule has 0 bridgehead atoms. The molecule has 0 saturated carbocycles. The lowest BCUT2D eigenvalue weighted by molar-refractivity contribution is 0.0347. The minimum Gasteiger partial charge on any atom is -0.381 e. The highest BCUT2D eigenvalue weighted by Gasteiger charge is 2.26.